The highest BCUT2D eigenvalue weighted by atomic mass is 16.1. The van der Waals surface area contributed by atoms with E-state index in [-0.39, 0.29) is 5.91 Å². The summed E-state index contributed by atoms with van der Waals surface area (Å²) in [6.45, 7) is 1.52. The fourth-order valence-electron chi connectivity index (χ4n) is 1.41. The molecule has 1 aromatic carbocycles. The van der Waals surface area contributed by atoms with Crippen molar-refractivity contribution in [2.45, 2.75) is 0 Å². The third-order valence-corrected chi connectivity index (χ3v) is 2.49. The van der Waals surface area contributed by atoms with E-state index < -0.39 is 0 Å². The first-order valence-electron chi connectivity index (χ1n) is 5.71. The van der Waals surface area contributed by atoms with Gasteiger partial charge in [0.2, 0.25) is 0 Å². The zero-order valence-electron chi connectivity index (χ0n) is 11.0. The van der Waals surface area contributed by atoms with Crippen LogP contribution in [0.5, 0.6) is 0 Å². The normalized spacial score (nSPS) is 10.4. The molecular weight excluding hydrogens is 214 g/mol. The average molecular weight is 235 g/mol. The van der Waals surface area contributed by atoms with E-state index in [1.54, 1.807) is 0 Å². The van der Waals surface area contributed by atoms with Crippen molar-refractivity contribution in [2.75, 3.05) is 46.2 Å². The lowest BCUT2D eigenvalue weighted by Crippen LogP contribution is -2.31. The molecule has 0 spiro atoms. The lowest BCUT2D eigenvalue weighted by Gasteiger charge is -2.13. The van der Waals surface area contributed by atoms with Gasteiger partial charge < -0.3 is 15.1 Å². The molecule has 0 saturated heterocycles. The Kier molecular flexibility index (Phi) is 4.97. The van der Waals surface area contributed by atoms with Crippen LogP contribution < -0.4 is 10.2 Å². The van der Waals surface area contributed by atoms with Crippen LogP contribution >= 0.6 is 0 Å². The number of hydrogen-bond donors (Lipinski definition) is 1. The van der Waals surface area contributed by atoms with Crippen molar-refractivity contribution in [1.82, 2.24) is 10.2 Å². The monoisotopic (exact) mass is 235 g/mol. The van der Waals surface area contributed by atoms with Crippen LogP contribution in [0.3, 0.4) is 0 Å². The molecule has 4 nitrogen and oxygen atoms in total. The first kappa shape index (κ1) is 13.5. The second-order valence-corrected chi connectivity index (χ2v) is 4.50. The molecule has 0 aliphatic carbocycles. The molecule has 0 saturated carbocycles. The van der Waals surface area contributed by atoms with Crippen molar-refractivity contribution in [2.24, 2.45) is 0 Å². The van der Waals surface area contributed by atoms with Crippen LogP contribution in [0, 0.1) is 0 Å². The number of benzene rings is 1. The van der Waals surface area contributed by atoms with Gasteiger partial charge in [-0.25, -0.2) is 0 Å². The molecule has 0 aliphatic heterocycles. The number of amides is 1. The van der Waals surface area contributed by atoms with Crippen molar-refractivity contribution < 1.29 is 4.79 Å². The average Bonchev–Trinajstić information content (AvgIpc) is 2.28. The SMILES string of the molecule is CN(C)CCNC(=O)c1ccc(N(C)C)cc1. The number of nitrogens with one attached hydrogen (secondary N) is 1. The predicted molar refractivity (Wildman–Crippen MR) is 71.7 cm³/mol. The summed E-state index contributed by atoms with van der Waals surface area (Å²) in [4.78, 5) is 15.8. The summed E-state index contributed by atoms with van der Waals surface area (Å²) in [6, 6.07) is 7.59. The van der Waals surface area contributed by atoms with Gasteiger partial charge in [0, 0.05) is 38.4 Å². The predicted octanol–water partition coefficient (Wildman–Crippen LogP) is 1.04. The minimum Gasteiger partial charge on any atom is -0.378 e. The Labute approximate surface area is 103 Å². The van der Waals surface area contributed by atoms with E-state index in [9.17, 15) is 4.79 Å². The van der Waals surface area contributed by atoms with Crippen LogP contribution in [0.1, 0.15) is 10.4 Å². The summed E-state index contributed by atoms with van der Waals surface area (Å²) in [6.07, 6.45) is 0. The Morgan fingerprint density at radius 2 is 1.71 bits per heavy atom. The van der Waals surface area contributed by atoms with Crippen LogP contribution in [0.4, 0.5) is 5.69 Å². The number of carbonyl (C=O) groups is 1. The Bertz CT molecular complexity index is 357. The van der Waals surface area contributed by atoms with Crippen LogP contribution in [0.2, 0.25) is 0 Å². The standard InChI is InChI=1S/C13H21N3O/c1-15(2)10-9-14-13(17)11-5-7-12(8-6-11)16(3)4/h5-8H,9-10H2,1-4H3,(H,14,17). The number of nitrogens with zero attached hydrogens (tertiary/aromatic N) is 2. The summed E-state index contributed by atoms with van der Waals surface area (Å²) < 4.78 is 0. The molecule has 0 radical (unpaired) electrons. The van der Waals surface area contributed by atoms with Crippen molar-refractivity contribution in [3.05, 3.63) is 29.8 Å². The van der Waals surface area contributed by atoms with Crippen LogP contribution in [-0.4, -0.2) is 52.1 Å². The van der Waals surface area contributed by atoms with E-state index in [1.807, 2.05) is 62.3 Å². The van der Waals surface area contributed by atoms with Crippen molar-refractivity contribution in [1.29, 1.82) is 0 Å². The molecular formula is C13H21N3O. The fourth-order valence-corrected chi connectivity index (χ4v) is 1.41. The molecule has 0 aliphatic rings. The van der Waals surface area contributed by atoms with E-state index in [0.29, 0.717) is 12.1 Å². The zero-order chi connectivity index (χ0) is 12.8. The number of carbonyl (C=O) groups excluding carboxylic acids is 1. The van der Waals surface area contributed by atoms with E-state index >= 15 is 0 Å². The topological polar surface area (TPSA) is 35.6 Å². The Morgan fingerprint density at radius 1 is 1.12 bits per heavy atom. The summed E-state index contributed by atoms with van der Waals surface area (Å²) in [7, 11) is 7.92. The quantitative estimate of drug-likeness (QED) is 0.828. The maximum absolute atomic E-state index is 11.8. The minimum atomic E-state index is -0.0165. The second-order valence-electron chi connectivity index (χ2n) is 4.50. The van der Waals surface area contributed by atoms with Crippen molar-refractivity contribution >= 4 is 11.6 Å². The van der Waals surface area contributed by atoms with Gasteiger partial charge in [-0.05, 0) is 38.4 Å². The second kappa shape index (κ2) is 6.25. The highest BCUT2D eigenvalue weighted by molar-refractivity contribution is 5.94. The van der Waals surface area contributed by atoms with E-state index in [0.717, 1.165) is 12.2 Å². The van der Waals surface area contributed by atoms with Crippen LogP contribution in [0.25, 0.3) is 0 Å². The van der Waals surface area contributed by atoms with E-state index in [1.165, 1.54) is 0 Å². The van der Waals surface area contributed by atoms with Gasteiger partial charge in [-0.15, -0.1) is 0 Å². The maximum Gasteiger partial charge on any atom is 0.251 e. The van der Waals surface area contributed by atoms with Gasteiger partial charge in [0.25, 0.3) is 5.91 Å². The summed E-state index contributed by atoms with van der Waals surface area (Å²) >= 11 is 0. The van der Waals surface area contributed by atoms with Gasteiger partial charge in [0.1, 0.15) is 0 Å². The molecule has 0 atom stereocenters. The van der Waals surface area contributed by atoms with Gasteiger partial charge in [0.05, 0.1) is 0 Å². The van der Waals surface area contributed by atoms with Crippen molar-refractivity contribution in [3.8, 4) is 0 Å². The Balaban J connectivity index is 2.52. The first-order chi connectivity index (χ1) is 8.00. The summed E-state index contributed by atoms with van der Waals surface area (Å²) in [5, 5.41) is 2.88. The van der Waals surface area contributed by atoms with Gasteiger partial charge in [-0.1, -0.05) is 0 Å². The number of anilines is 1. The van der Waals surface area contributed by atoms with E-state index in [2.05, 4.69) is 5.32 Å². The van der Waals surface area contributed by atoms with Gasteiger partial charge in [-0.3, -0.25) is 4.79 Å². The molecule has 94 valence electrons. The molecule has 4 heteroatoms. The molecule has 0 aromatic heterocycles. The Morgan fingerprint density at radius 3 is 2.18 bits per heavy atom. The molecule has 1 rings (SSSR count). The molecule has 0 unspecified atom stereocenters. The zero-order valence-corrected chi connectivity index (χ0v) is 11.0. The maximum atomic E-state index is 11.8. The molecule has 0 bridgehead atoms. The fraction of sp³-hybridized carbons (Fsp3) is 0.462. The van der Waals surface area contributed by atoms with Gasteiger partial charge >= 0.3 is 0 Å². The smallest absolute Gasteiger partial charge is 0.251 e. The van der Waals surface area contributed by atoms with Crippen LogP contribution in [0.15, 0.2) is 24.3 Å². The van der Waals surface area contributed by atoms with E-state index in [4.69, 9.17) is 0 Å². The van der Waals surface area contributed by atoms with Gasteiger partial charge in [0.15, 0.2) is 0 Å². The number of hydrogen-bond acceptors (Lipinski definition) is 3. The molecule has 0 fully saturated rings. The molecule has 1 amide bonds. The lowest BCUT2D eigenvalue weighted by atomic mass is 10.2. The number of likely N-dealkylation sites (N-methyl/N-ethyl adjacent to an activating group) is 1. The summed E-state index contributed by atoms with van der Waals surface area (Å²) in [5.41, 5.74) is 1.80. The third kappa shape index (κ3) is 4.44. The lowest BCUT2D eigenvalue weighted by molar-refractivity contribution is 0.0951. The molecule has 1 aromatic rings. The number of rotatable bonds is 5. The molecule has 0 heterocycles. The molecule has 17 heavy (non-hydrogen) atoms. The highest BCUT2D eigenvalue weighted by Gasteiger charge is 2.05. The molecule has 1 N–H and O–H groups in total. The first-order valence-corrected chi connectivity index (χ1v) is 5.71. The van der Waals surface area contributed by atoms with Crippen molar-refractivity contribution in [3.63, 3.8) is 0 Å². The minimum absolute atomic E-state index is 0.0165. The van der Waals surface area contributed by atoms with Gasteiger partial charge in [-0.2, -0.15) is 0 Å². The van der Waals surface area contributed by atoms with Crippen LogP contribution in [-0.2, 0) is 0 Å². The third-order valence-electron chi connectivity index (χ3n) is 2.49. The largest absolute Gasteiger partial charge is 0.378 e. The summed E-state index contributed by atoms with van der Waals surface area (Å²) in [5.74, 6) is -0.0165. The Hall–Kier alpha value is -1.55. The highest BCUT2D eigenvalue weighted by Crippen LogP contribution is 2.11.